The Morgan fingerprint density at radius 3 is 2.04 bits per heavy atom. The molecule has 4 aromatic carbocycles. The average molecular weight is 702 g/mol. The summed E-state index contributed by atoms with van der Waals surface area (Å²) in [6.07, 6.45) is -3.76. The maximum Gasteiger partial charge on any atom is 0.471 e. The fourth-order valence-electron chi connectivity index (χ4n) is 5.69. The van der Waals surface area contributed by atoms with Crippen LogP contribution in [0.3, 0.4) is 0 Å². The van der Waals surface area contributed by atoms with Crippen LogP contribution in [0.15, 0.2) is 114 Å². The molecule has 1 N–H and O–H groups in total. The lowest BCUT2D eigenvalue weighted by Crippen LogP contribution is -2.29. The highest BCUT2D eigenvalue weighted by Crippen LogP contribution is 2.39. The van der Waals surface area contributed by atoms with E-state index in [9.17, 15) is 36.3 Å². The van der Waals surface area contributed by atoms with Gasteiger partial charge in [0.2, 0.25) is 5.43 Å². The topological polar surface area (TPSA) is 71.4 Å². The molecule has 6 aromatic rings. The number of amides is 1. The number of pyridine rings is 1. The Morgan fingerprint density at radius 2 is 1.42 bits per heavy atom. The quantitative estimate of drug-likeness (QED) is 0.115. The van der Waals surface area contributed by atoms with Crippen molar-refractivity contribution in [2.24, 2.45) is 0 Å². The second-order valence-corrected chi connectivity index (χ2v) is 12.7. The van der Waals surface area contributed by atoms with Crippen LogP contribution in [0.25, 0.3) is 20.7 Å². The molecular formula is C38H28F5N3O3S. The second-order valence-electron chi connectivity index (χ2n) is 11.7. The van der Waals surface area contributed by atoms with E-state index in [1.807, 2.05) is 47.6 Å². The third kappa shape index (κ3) is 7.26. The van der Waals surface area contributed by atoms with E-state index < -0.39 is 34.9 Å². The van der Waals surface area contributed by atoms with Crippen LogP contribution in [0.4, 0.5) is 27.6 Å². The Kier molecular flexibility index (Phi) is 9.76. The summed E-state index contributed by atoms with van der Waals surface area (Å²) in [6, 6.07) is 26.9. The number of carbonyl (C=O) groups is 2. The molecule has 0 unspecified atom stereocenters. The highest BCUT2D eigenvalue weighted by molar-refractivity contribution is 7.22. The minimum atomic E-state index is -5.08. The van der Waals surface area contributed by atoms with Crippen LogP contribution in [-0.4, -0.2) is 34.4 Å². The summed E-state index contributed by atoms with van der Waals surface area (Å²) in [6.45, 7) is 0.340. The molecule has 0 saturated heterocycles. The van der Waals surface area contributed by atoms with Gasteiger partial charge in [-0.3, -0.25) is 19.3 Å². The first-order chi connectivity index (χ1) is 23.9. The Labute approximate surface area is 287 Å². The number of anilines is 1. The lowest BCUT2D eigenvalue weighted by atomic mass is 10.00. The molecule has 0 saturated carbocycles. The number of aromatic nitrogens is 1. The van der Waals surface area contributed by atoms with Gasteiger partial charge in [0.1, 0.15) is 16.5 Å². The van der Waals surface area contributed by atoms with E-state index in [-0.39, 0.29) is 40.9 Å². The first kappa shape index (κ1) is 34.4. The molecule has 0 fully saturated rings. The molecule has 0 radical (unpaired) electrons. The molecule has 0 spiro atoms. The zero-order valence-corrected chi connectivity index (χ0v) is 27.2. The number of alkyl halides is 3. The normalized spacial score (nSPS) is 11.7. The monoisotopic (exact) mass is 701 g/mol. The zero-order valence-electron chi connectivity index (χ0n) is 26.4. The predicted molar refractivity (Wildman–Crippen MR) is 183 cm³/mol. The summed E-state index contributed by atoms with van der Waals surface area (Å²) in [4.78, 5) is 42.6. The SMILES string of the molecule is CN(Cc1ccccc1)Cc1c(-c2ccc(NC(=O)C(F)(F)F)cc2)sc2c1c(=O)c(C(=O)c1ccccc1)cn2Cc1c(F)cccc1F. The first-order valence-corrected chi connectivity index (χ1v) is 16.1. The van der Waals surface area contributed by atoms with Crippen LogP contribution < -0.4 is 10.7 Å². The highest BCUT2D eigenvalue weighted by Gasteiger charge is 2.38. The summed E-state index contributed by atoms with van der Waals surface area (Å²) in [5.41, 5.74) is 1.16. The maximum absolute atomic E-state index is 15.0. The molecule has 0 aliphatic heterocycles. The Morgan fingerprint density at radius 1 is 0.800 bits per heavy atom. The largest absolute Gasteiger partial charge is 0.471 e. The van der Waals surface area contributed by atoms with Crippen molar-refractivity contribution in [2.45, 2.75) is 25.8 Å². The number of nitrogens with zero attached hydrogens (tertiary/aromatic N) is 2. The fraction of sp³-hybridized carbons (Fsp3) is 0.132. The molecule has 0 aliphatic carbocycles. The summed E-state index contributed by atoms with van der Waals surface area (Å²) in [5.74, 6) is -4.29. The summed E-state index contributed by atoms with van der Waals surface area (Å²) >= 11 is 1.15. The Balaban J connectivity index is 1.56. The van der Waals surface area contributed by atoms with Gasteiger partial charge in [-0.25, -0.2) is 8.78 Å². The molecule has 0 bridgehead atoms. The fourth-order valence-corrected chi connectivity index (χ4v) is 6.98. The number of ketones is 1. The van der Waals surface area contributed by atoms with Gasteiger partial charge in [-0.05, 0) is 48.0 Å². The highest BCUT2D eigenvalue weighted by atomic mass is 32.1. The van der Waals surface area contributed by atoms with E-state index in [0.717, 1.165) is 29.0 Å². The number of benzene rings is 4. The summed E-state index contributed by atoms with van der Waals surface area (Å²) in [5, 5.41) is 2.00. The van der Waals surface area contributed by atoms with E-state index in [1.54, 1.807) is 30.3 Å². The molecule has 6 rings (SSSR count). The van der Waals surface area contributed by atoms with Crippen molar-refractivity contribution in [2.75, 3.05) is 12.4 Å². The number of carbonyl (C=O) groups excluding carboxylic acids is 2. The number of nitrogens with one attached hydrogen (secondary N) is 1. The van der Waals surface area contributed by atoms with Crippen molar-refractivity contribution in [1.82, 2.24) is 9.47 Å². The van der Waals surface area contributed by atoms with Gasteiger partial charge in [-0.2, -0.15) is 13.2 Å². The average Bonchev–Trinajstić information content (AvgIpc) is 3.47. The number of halogens is 5. The summed E-state index contributed by atoms with van der Waals surface area (Å²) < 4.78 is 70.1. The molecule has 0 aliphatic rings. The summed E-state index contributed by atoms with van der Waals surface area (Å²) in [7, 11) is 1.85. The van der Waals surface area contributed by atoms with Gasteiger partial charge in [-0.1, -0.05) is 78.9 Å². The number of thiophene rings is 1. The van der Waals surface area contributed by atoms with Crippen molar-refractivity contribution >= 4 is 38.9 Å². The van der Waals surface area contributed by atoms with Crippen LogP contribution in [0.1, 0.15) is 32.6 Å². The van der Waals surface area contributed by atoms with Crippen LogP contribution in [0.2, 0.25) is 0 Å². The van der Waals surface area contributed by atoms with E-state index in [1.165, 1.54) is 41.1 Å². The Hall–Kier alpha value is -5.46. The van der Waals surface area contributed by atoms with E-state index in [4.69, 9.17) is 0 Å². The lowest BCUT2D eigenvalue weighted by molar-refractivity contribution is -0.167. The molecule has 50 heavy (non-hydrogen) atoms. The molecule has 1 amide bonds. The lowest BCUT2D eigenvalue weighted by Gasteiger charge is -2.18. The molecule has 2 aromatic heterocycles. The zero-order chi connectivity index (χ0) is 35.6. The van der Waals surface area contributed by atoms with E-state index in [2.05, 4.69) is 0 Å². The van der Waals surface area contributed by atoms with Gasteiger partial charge < -0.3 is 9.88 Å². The minimum Gasteiger partial charge on any atom is -0.334 e. The number of fused-ring (bicyclic) bond motifs is 1. The van der Waals surface area contributed by atoms with E-state index >= 15 is 0 Å². The molecular weight excluding hydrogens is 673 g/mol. The van der Waals surface area contributed by atoms with Crippen LogP contribution in [0, 0.1) is 11.6 Å². The van der Waals surface area contributed by atoms with Crippen molar-refractivity contribution < 1.29 is 31.5 Å². The van der Waals surface area contributed by atoms with Gasteiger partial charge >= 0.3 is 12.1 Å². The van der Waals surface area contributed by atoms with Crippen LogP contribution >= 0.6 is 11.3 Å². The standard InChI is InChI=1S/C38H28F5N3O3S/c1-45(19-23-9-4-2-5-10-23)20-28-32-34(48)29(33(47)24-11-6-3-7-12-24)22-46(21-27-30(39)13-8-14-31(27)40)36(32)50-35(28)25-15-17-26(18-16-25)44-37(49)38(41,42)43/h2-18,22H,19-21H2,1H3,(H,44,49). The van der Waals surface area contributed by atoms with Crippen molar-refractivity contribution in [3.63, 3.8) is 0 Å². The van der Waals surface area contributed by atoms with Crippen molar-refractivity contribution in [3.8, 4) is 10.4 Å². The van der Waals surface area contributed by atoms with Gasteiger partial charge in [0, 0.05) is 41.0 Å². The van der Waals surface area contributed by atoms with Gasteiger partial charge in [-0.15, -0.1) is 11.3 Å². The predicted octanol–water partition coefficient (Wildman–Crippen LogP) is 8.42. The number of hydrogen-bond acceptors (Lipinski definition) is 5. The molecule has 254 valence electrons. The Bertz CT molecular complexity index is 2230. The molecule has 0 atom stereocenters. The first-order valence-electron chi connectivity index (χ1n) is 15.3. The minimum absolute atomic E-state index is 0.0923. The van der Waals surface area contributed by atoms with Gasteiger partial charge in [0.25, 0.3) is 0 Å². The van der Waals surface area contributed by atoms with Crippen molar-refractivity contribution in [3.05, 3.63) is 159 Å². The molecule has 6 nitrogen and oxygen atoms in total. The smallest absolute Gasteiger partial charge is 0.334 e. The van der Waals surface area contributed by atoms with Crippen LogP contribution in [0.5, 0.6) is 0 Å². The van der Waals surface area contributed by atoms with Crippen molar-refractivity contribution in [1.29, 1.82) is 0 Å². The third-order valence-corrected chi connectivity index (χ3v) is 9.38. The van der Waals surface area contributed by atoms with Gasteiger partial charge in [0.15, 0.2) is 5.78 Å². The van der Waals surface area contributed by atoms with E-state index in [0.29, 0.717) is 27.4 Å². The second kappa shape index (κ2) is 14.2. The van der Waals surface area contributed by atoms with Gasteiger partial charge in [0.05, 0.1) is 17.5 Å². The third-order valence-electron chi connectivity index (χ3n) is 8.06. The number of hydrogen-bond donors (Lipinski definition) is 1. The maximum atomic E-state index is 15.0. The number of rotatable bonds is 10. The van der Waals surface area contributed by atoms with Crippen LogP contribution in [-0.2, 0) is 24.4 Å². The molecule has 12 heteroatoms. The molecule has 2 heterocycles.